The van der Waals surface area contributed by atoms with Gasteiger partial charge in [0.05, 0.1) is 18.2 Å². The molecule has 3 nitrogen and oxygen atoms in total. The van der Waals surface area contributed by atoms with Crippen LogP contribution in [0.3, 0.4) is 0 Å². The lowest BCUT2D eigenvalue weighted by Crippen LogP contribution is -2.40. The number of aliphatic hydroxyl groups excluding tert-OH is 1. The summed E-state index contributed by atoms with van der Waals surface area (Å²) in [6.45, 7) is 1.77. The third-order valence-electron chi connectivity index (χ3n) is 3.28. The molecule has 2 unspecified atom stereocenters. The van der Waals surface area contributed by atoms with E-state index in [1.54, 1.807) is 7.11 Å². The second kappa shape index (κ2) is 5.71. The molecule has 2 atom stereocenters. The highest BCUT2D eigenvalue weighted by molar-refractivity contribution is 6.32. The predicted molar refractivity (Wildman–Crippen MR) is 68.7 cm³/mol. The summed E-state index contributed by atoms with van der Waals surface area (Å²) in [5.74, 6) is 0.964. The van der Waals surface area contributed by atoms with Crippen LogP contribution in [0.4, 0.5) is 0 Å². The van der Waals surface area contributed by atoms with E-state index in [0.29, 0.717) is 10.8 Å². The fraction of sp³-hybridized carbons (Fsp3) is 0.538. The Morgan fingerprint density at radius 3 is 3.00 bits per heavy atom. The zero-order chi connectivity index (χ0) is 12.3. The quantitative estimate of drug-likeness (QED) is 0.866. The van der Waals surface area contributed by atoms with Crippen molar-refractivity contribution in [3.05, 3.63) is 28.8 Å². The Kier molecular flexibility index (Phi) is 4.26. The van der Waals surface area contributed by atoms with Crippen molar-refractivity contribution in [3.8, 4) is 5.75 Å². The molecule has 1 heterocycles. The average Bonchev–Trinajstić information content (AvgIpc) is 2.32. The first-order valence-electron chi connectivity index (χ1n) is 5.92. The van der Waals surface area contributed by atoms with Gasteiger partial charge in [-0.15, -0.1) is 0 Å². The molecule has 1 aromatic rings. The molecule has 1 fully saturated rings. The zero-order valence-electron chi connectivity index (χ0n) is 9.95. The van der Waals surface area contributed by atoms with Crippen molar-refractivity contribution in [1.82, 2.24) is 5.32 Å². The largest absolute Gasteiger partial charge is 0.495 e. The molecule has 0 aromatic heterocycles. The molecule has 2 N–H and O–H groups in total. The van der Waals surface area contributed by atoms with Gasteiger partial charge in [0.15, 0.2) is 0 Å². The highest BCUT2D eigenvalue weighted by Gasteiger charge is 2.23. The van der Waals surface area contributed by atoms with E-state index >= 15 is 0 Å². The lowest BCUT2D eigenvalue weighted by atomic mass is 9.90. The molecule has 0 aliphatic carbocycles. The van der Waals surface area contributed by atoms with Crippen LogP contribution >= 0.6 is 11.6 Å². The Morgan fingerprint density at radius 2 is 2.35 bits per heavy atom. The van der Waals surface area contributed by atoms with Crippen molar-refractivity contribution in [2.75, 3.05) is 20.2 Å². The summed E-state index contributed by atoms with van der Waals surface area (Å²) in [6, 6.07) is 5.80. The van der Waals surface area contributed by atoms with E-state index in [1.807, 2.05) is 18.2 Å². The summed E-state index contributed by atoms with van der Waals surface area (Å²) in [5.41, 5.74) is 1.14. The van der Waals surface area contributed by atoms with Gasteiger partial charge in [-0.3, -0.25) is 0 Å². The molecule has 0 amide bonds. The van der Waals surface area contributed by atoms with Gasteiger partial charge in [-0.2, -0.15) is 0 Å². The van der Waals surface area contributed by atoms with E-state index in [9.17, 15) is 5.11 Å². The maximum atomic E-state index is 9.90. The summed E-state index contributed by atoms with van der Waals surface area (Å²) in [4.78, 5) is 0. The van der Waals surface area contributed by atoms with Crippen LogP contribution < -0.4 is 10.1 Å². The Morgan fingerprint density at radius 1 is 1.53 bits per heavy atom. The Hall–Kier alpha value is -0.770. The van der Waals surface area contributed by atoms with Crippen molar-refractivity contribution in [2.24, 2.45) is 5.92 Å². The number of rotatable bonds is 3. The lowest BCUT2D eigenvalue weighted by molar-refractivity contribution is 0.0791. The zero-order valence-corrected chi connectivity index (χ0v) is 10.7. The molecular weight excluding hydrogens is 238 g/mol. The smallest absolute Gasteiger partial charge is 0.137 e. The first-order valence-corrected chi connectivity index (χ1v) is 6.29. The van der Waals surface area contributed by atoms with E-state index in [4.69, 9.17) is 16.3 Å². The van der Waals surface area contributed by atoms with Crippen molar-refractivity contribution < 1.29 is 9.84 Å². The third-order valence-corrected chi connectivity index (χ3v) is 3.58. The highest BCUT2D eigenvalue weighted by Crippen LogP contribution is 2.27. The van der Waals surface area contributed by atoms with Gasteiger partial charge in [-0.1, -0.05) is 17.7 Å². The average molecular weight is 256 g/mol. The Balaban J connectivity index is 2.05. The van der Waals surface area contributed by atoms with Crippen LogP contribution in [-0.2, 0) is 6.42 Å². The minimum Gasteiger partial charge on any atom is -0.495 e. The molecule has 1 aromatic carbocycles. The van der Waals surface area contributed by atoms with Crippen LogP contribution in [0.1, 0.15) is 12.0 Å². The van der Waals surface area contributed by atoms with E-state index in [-0.39, 0.29) is 12.0 Å². The van der Waals surface area contributed by atoms with Gasteiger partial charge < -0.3 is 15.2 Å². The summed E-state index contributed by atoms with van der Waals surface area (Å²) < 4.78 is 5.12. The van der Waals surface area contributed by atoms with Crippen molar-refractivity contribution in [3.63, 3.8) is 0 Å². The Bertz CT molecular complexity index is 384. The van der Waals surface area contributed by atoms with Gasteiger partial charge in [0.25, 0.3) is 0 Å². The van der Waals surface area contributed by atoms with Crippen molar-refractivity contribution in [2.45, 2.75) is 18.9 Å². The predicted octanol–water partition coefficient (Wildman–Crippen LogP) is 1.86. The SMILES string of the molecule is COc1ccc(CC2CNCCC2O)cc1Cl. The fourth-order valence-corrected chi connectivity index (χ4v) is 2.54. The third kappa shape index (κ3) is 3.12. The molecule has 0 radical (unpaired) electrons. The lowest BCUT2D eigenvalue weighted by Gasteiger charge is -2.28. The maximum absolute atomic E-state index is 9.90. The van der Waals surface area contributed by atoms with Crippen molar-refractivity contribution in [1.29, 1.82) is 0 Å². The summed E-state index contributed by atoms with van der Waals surface area (Å²) in [6.07, 6.45) is 1.46. The highest BCUT2D eigenvalue weighted by atomic mass is 35.5. The maximum Gasteiger partial charge on any atom is 0.137 e. The van der Waals surface area contributed by atoms with E-state index in [2.05, 4.69) is 5.32 Å². The minimum atomic E-state index is -0.211. The van der Waals surface area contributed by atoms with Gasteiger partial charge in [0.1, 0.15) is 5.75 Å². The number of ether oxygens (including phenoxy) is 1. The number of nitrogens with one attached hydrogen (secondary N) is 1. The Labute approximate surface area is 107 Å². The molecule has 94 valence electrons. The number of benzene rings is 1. The molecule has 1 aliphatic heterocycles. The van der Waals surface area contributed by atoms with Gasteiger partial charge in [-0.25, -0.2) is 0 Å². The number of hydrogen-bond donors (Lipinski definition) is 2. The first kappa shape index (κ1) is 12.7. The molecule has 4 heteroatoms. The second-order valence-electron chi connectivity index (χ2n) is 4.49. The van der Waals surface area contributed by atoms with Crippen LogP contribution in [-0.4, -0.2) is 31.4 Å². The number of halogens is 1. The summed E-state index contributed by atoms with van der Waals surface area (Å²) in [5, 5.41) is 13.8. The first-order chi connectivity index (χ1) is 8.20. The molecule has 1 saturated heterocycles. The van der Waals surface area contributed by atoms with Crippen molar-refractivity contribution >= 4 is 11.6 Å². The molecule has 1 aliphatic rings. The van der Waals surface area contributed by atoms with Gasteiger partial charge in [0, 0.05) is 12.5 Å². The van der Waals surface area contributed by atoms with Gasteiger partial charge >= 0.3 is 0 Å². The molecule has 0 saturated carbocycles. The second-order valence-corrected chi connectivity index (χ2v) is 4.90. The fourth-order valence-electron chi connectivity index (χ4n) is 2.26. The topological polar surface area (TPSA) is 41.5 Å². The van der Waals surface area contributed by atoms with Crippen LogP contribution in [0, 0.1) is 5.92 Å². The van der Waals surface area contributed by atoms with Gasteiger partial charge in [-0.05, 0) is 37.1 Å². The normalized spacial score (nSPS) is 24.6. The number of methoxy groups -OCH3 is 1. The minimum absolute atomic E-state index is 0.211. The monoisotopic (exact) mass is 255 g/mol. The van der Waals surface area contributed by atoms with Crippen LogP contribution in [0.15, 0.2) is 18.2 Å². The molecule has 2 rings (SSSR count). The summed E-state index contributed by atoms with van der Waals surface area (Å²) >= 11 is 6.08. The molecule has 0 spiro atoms. The van der Waals surface area contributed by atoms with E-state index in [0.717, 1.165) is 31.5 Å². The van der Waals surface area contributed by atoms with E-state index in [1.165, 1.54) is 0 Å². The number of piperidine rings is 1. The summed E-state index contributed by atoms with van der Waals surface area (Å²) in [7, 11) is 1.61. The standard InChI is InChI=1S/C13H18ClNO2/c1-17-13-3-2-9(7-11(13)14)6-10-8-15-5-4-12(10)16/h2-3,7,10,12,15-16H,4-6,8H2,1H3. The van der Waals surface area contributed by atoms with E-state index < -0.39 is 0 Å². The van der Waals surface area contributed by atoms with Crippen LogP contribution in [0.2, 0.25) is 5.02 Å². The van der Waals surface area contributed by atoms with Crippen LogP contribution in [0.25, 0.3) is 0 Å². The molecular formula is C13H18ClNO2. The number of hydrogen-bond acceptors (Lipinski definition) is 3. The number of aliphatic hydroxyl groups is 1. The molecule has 17 heavy (non-hydrogen) atoms. The van der Waals surface area contributed by atoms with Gasteiger partial charge in [0.2, 0.25) is 0 Å². The van der Waals surface area contributed by atoms with Crippen LogP contribution in [0.5, 0.6) is 5.75 Å². The molecule has 0 bridgehead atoms.